The zero-order chi connectivity index (χ0) is 29.3. The highest BCUT2D eigenvalue weighted by Gasteiger charge is 2.39. The molecule has 0 unspecified atom stereocenters. The van der Waals surface area contributed by atoms with Crippen molar-refractivity contribution in [3.05, 3.63) is 99.9 Å². The van der Waals surface area contributed by atoms with Crippen LogP contribution in [0.5, 0.6) is 0 Å². The summed E-state index contributed by atoms with van der Waals surface area (Å²) in [4.78, 5) is 21.7. The Kier molecular flexibility index (Phi) is 7.88. The van der Waals surface area contributed by atoms with Crippen LogP contribution in [0.4, 0.5) is 22.0 Å². The lowest BCUT2D eigenvalue weighted by Crippen LogP contribution is -2.34. The highest BCUT2D eigenvalue weighted by molar-refractivity contribution is 5.77. The van der Waals surface area contributed by atoms with E-state index in [1.807, 2.05) is 0 Å². The van der Waals surface area contributed by atoms with Crippen molar-refractivity contribution in [1.29, 1.82) is 0 Å². The molecule has 11 heteroatoms. The molecule has 6 nitrogen and oxygen atoms in total. The highest BCUT2D eigenvalue weighted by Crippen LogP contribution is 2.36. The maximum absolute atomic E-state index is 14.3. The molecule has 41 heavy (non-hydrogen) atoms. The fourth-order valence-electron chi connectivity index (χ4n) is 5.43. The van der Waals surface area contributed by atoms with E-state index in [0.717, 1.165) is 4.68 Å². The molecule has 0 saturated heterocycles. The number of halogens is 5. The molecule has 0 fully saturated rings. The fourth-order valence-corrected chi connectivity index (χ4v) is 5.43. The van der Waals surface area contributed by atoms with E-state index in [0.29, 0.717) is 58.5 Å². The summed E-state index contributed by atoms with van der Waals surface area (Å²) >= 11 is 0. The summed E-state index contributed by atoms with van der Waals surface area (Å²) < 4.78 is 70.4. The Labute approximate surface area is 233 Å². The second kappa shape index (κ2) is 11.4. The van der Waals surface area contributed by atoms with Crippen molar-refractivity contribution in [3.63, 3.8) is 0 Å². The van der Waals surface area contributed by atoms with Gasteiger partial charge in [-0.05, 0) is 81.3 Å². The van der Waals surface area contributed by atoms with Crippen molar-refractivity contribution in [1.82, 2.24) is 25.1 Å². The van der Waals surface area contributed by atoms with Crippen LogP contribution in [0, 0.1) is 25.6 Å². The molecule has 4 aromatic rings. The first-order valence-corrected chi connectivity index (χ1v) is 13.3. The van der Waals surface area contributed by atoms with Crippen molar-refractivity contribution in [3.8, 4) is 11.1 Å². The number of carbonyl (C=O) groups excluding carboxylic acids is 1. The molecular weight excluding hydrogens is 541 g/mol. The van der Waals surface area contributed by atoms with Gasteiger partial charge < -0.3 is 5.32 Å². The van der Waals surface area contributed by atoms with Crippen LogP contribution in [-0.2, 0) is 36.8 Å². The Hall–Kier alpha value is -4.15. The number of alkyl halides is 3. The van der Waals surface area contributed by atoms with Crippen molar-refractivity contribution < 1.29 is 26.7 Å². The first-order chi connectivity index (χ1) is 19.5. The number of aromatic nitrogens is 4. The molecule has 0 saturated carbocycles. The van der Waals surface area contributed by atoms with Gasteiger partial charge in [-0.2, -0.15) is 22.7 Å². The number of nitrogens with zero attached hydrogens (tertiary/aromatic N) is 4. The molecule has 5 rings (SSSR count). The Morgan fingerprint density at radius 1 is 1.07 bits per heavy atom. The van der Waals surface area contributed by atoms with E-state index in [9.17, 15) is 26.7 Å². The Morgan fingerprint density at radius 2 is 1.85 bits per heavy atom. The van der Waals surface area contributed by atoms with Gasteiger partial charge in [0.25, 0.3) is 0 Å². The average molecular weight is 570 g/mol. The van der Waals surface area contributed by atoms with Crippen molar-refractivity contribution in [2.75, 3.05) is 0 Å². The van der Waals surface area contributed by atoms with Gasteiger partial charge in [0.15, 0.2) is 5.69 Å². The van der Waals surface area contributed by atoms with Crippen molar-refractivity contribution in [2.45, 2.75) is 64.7 Å². The van der Waals surface area contributed by atoms with Crippen molar-refractivity contribution in [2.24, 2.45) is 0 Å². The third-order valence-electron chi connectivity index (χ3n) is 7.19. The first kappa shape index (κ1) is 28.4. The molecular formula is C30H28F5N5O. The average Bonchev–Trinajstić information content (AvgIpc) is 3.28. The SMILES string of the molecule is Cc1cc(F)cc(C[C@H](NC(=O)Cn2nc(C(F)(F)F)c3c2CCCC3)c2ncccc2-c2cnc(F)c(C)c2)c1. The maximum atomic E-state index is 14.3. The molecule has 1 aliphatic rings. The van der Waals surface area contributed by atoms with Crippen molar-refractivity contribution >= 4 is 5.91 Å². The standard InChI is InChI=1S/C30H28F5N5O/c1-17-10-19(13-21(31)11-17)14-24(27-22(7-5-9-36-27)20-12-18(2)29(32)37-15-20)38-26(41)16-40-25-8-4-3-6-23(25)28(39-40)30(33,34)35/h5,7,9-13,15,24H,3-4,6,8,14,16H2,1-2H3,(H,38,41)/t24-/m0/s1. The fraction of sp³-hybridized carbons (Fsp3) is 0.333. The number of hydrogen-bond acceptors (Lipinski definition) is 4. The third kappa shape index (κ3) is 6.28. The van der Waals surface area contributed by atoms with Crippen LogP contribution in [0.25, 0.3) is 11.1 Å². The van der Waals surface area contributed by atoms with Gasteiger partial charge in [-0.25, -0.2) is 9.37 Å². The summed E-state index contributed by atoms with van der Waals surface area (Å²) in [5, 5.41) is 6.69. The molecule has 214 valence electrons. The summed E-state index contributed by atoms with van der Waals surface area (Å²) in [5.74, 6) is -1.62. The second-order valence-corrected chi connectivity index (χ2v) is 10.4. The molecule has 0 spiro atoms. The van der Waals surface area contributed by atoms with Crippen LogP contribution in [-0.4, -0.2) is 25.7 Å². The van der Waals surface area contributed by atoms with Crippen LogP contribution in [0.2, 0.25) is 0 Å². The minimum absolute atomic E-state index is 0.146. The van der Waals surface area contributed by atoms with Gasteiger partial charge in [0.2, 0.25) is 11.9 Å². The van der Waals surface area contributed by atoms with E-state index in [4.69, 9.17) is 0 Å². The summed E-state index contributed by atoms with van der Waals surface area (Å²) in [6.45, 7) is 2.91. The van der Waals surface area contributed by atoms with Gasteiger partial charge in [0, 0.05) is 40.3 Å². The molecule has 1 amide bonds. The minimum atomic E-state index is -4.62. The number of amides is 1. The Bertz CT molecular complexity index is 1580. The second-order valence-electron chi connectivity index (χ2n) is 10.4. The van der Waals surface area contributed by atoms with Crippen LogP contribution in [0.3, 0.4) is 0 Å². The third-order valence-corrected chi connectivity index (χ3v) is 7.19. The zero-order valence-electron chi connectivity index (χ0n) is 22.5. The monoisotopic (exact) mass is 569 g/mol. The molecule has 0 bridgehead atoms. The normalized spacial score (nSPS) is 14.0. The number of aryl methyl sites for hydroxylation is 2. The lowest BCUT2D eigenvalue weighted by atomic mass is 9.95. The molecule has 3 heterocycles. The van der Waals surface area contributed by atoms with E-state index < -0.39 is 42.1 Å². The van der Waals surface area contributed by atoms with Gasteiger partial charge >= 0.3 is 6.18 Å². The number of hydrogen-bond donors (Lipinski definition) is 1. The number of nitrogens with one attached hydrogen (secondary N) is 1. The van der Waals surface area contributed by atoms with Crippen LogP contribution < -0.4 is 5.32 Å². The summed E-state index contributed by atoms with van der Waals surface area (Å²) in [6.07, 6.45) is 0.429. The predicted molar refractivity (Wildman–Crippen MR) is 142 cm³/mol. The molecule has 3 aromatic heterocycles. The van der Waals surface area contributed by atoms with E-state index in [1.54, 1.807) is 38.1 Å². The van der Waals surface area contributed by atoms with Crippen LogP contribution in [0.15, 0.2) is 48.8 Å². The number of rotatable bonds is 7. The van der Waals surface area contributed by atoms with E-state index in [1.165, 1.54) is 24.5 Å². The van der Waals surface area contributed by atoms with Crippen LogP contribution in [0.1, 0.15) is 58.2 Å². The first-order valence-electron chi connectivity index (χ1n) is 13.3. The zero-order valence-corrected chi connectivity index (χ0v) is 22.5. The van der Waals surface area contributed by atoms with Gasteiger partial charge in [-0.3, -0.25) is 14.5 Å². The number of pyridine rings is 2. The minimum Gasteiger partial charge on any atom is -0.346 e. The molecule has 0 radical (unpaired) electrons. The lowest BCUT2D eigenvalue weighted by molar-refractivity contribution is -0.142. The van der Waals surface area contributed by atoms with Gasteiger partial charge in [-0.1, -0.05) is 12.1 Å². The van der Waals surface area contributed by atoms with E-state index in [2.05, 4.69) is 20.4 Å². The molecule has 0 aliphatic heterocycles. The van der Waals surface area contributed by atoms with E-state index >= 15 is 0 Å². The topological polar surface area (TPSA) is 72.7 Å². The molecule has 1 aliphatic carbocycles. The molecule has 1 atom stereocenters. The predicted octanol–water partition coefficient (Wildman–Crippen LogP) is 6.23. The van der Waals surface area contributed by atoms with Gasteiger partial charge in [-0.15, -0.1) is 0 Å². The maximum Gasteiger partial charge on any atom is 0.435 e. The van der Waals surface area contributed by atoms with Gasteiger partial charge in [0.1, 0.15) is 12.4 Å². The highest BCUT2D eigenvalue weighted by atomic mass is 19.4. The number of benzene rings is 1. The molecule has 1 aromatic carbocycles. The summed E-state index contributed by atoms with van der Waals surface area (Å²) in [6, 6.07) is 8.80. The number of carbonyl (C=O) groups is 1. The number of fused-ring (bicyclic) bond motifs is 1. The van der Waals surface area contributed by atoms with Crippen LogP contribution >= 0.6 is 0 Å². The smallest absolute Gasteiger partial charge is 0.346 e. The lowest BCUT2D eigenvalue weighted by Gasteiger charge is -2.22. The molecule has 1 N–H and O–H groups in total. The summed E-state index contributed by atoms with van der Waals surface area (Å²) in [7, 11) is 0. The van der Waals surface area contributed by atoms with Gasteiger partial charge in [0.05, 0.1) is 11.7 Å². The quantitative estimate of drug-likeness (QED) is 0.212. The Balaban J connectivity index is 1.50. The Morgan fingerprint density at radius 3 is 2.59 bits per heavy atom. The van der Waals surface area contributed by atoms with E-state index in [-0.39, 0.29) is 18.4 Å². The largest absolute Gasteiger partial charge is 0.435 e. The summed E-state index contributed by atoms with van der Waals surface area (Å²) in [5.41, 5.74) is 2.79.